The van der Waals surface area contributed by atoms with Gasteiger partial charge in [-0.05, 0) is 81.6 Å². The van der Waals surface area contributed by atoms with E-state index in [1.807, 2.05) is 12.1 Å². The van der Waals surface area contributed by atoms with Gasteiger partial charge in [-0.3, -0.25) is 0 Å². The largest absolute Gasteiger partial charge is 0.497 e. The van der Waals surface area contributed by atoms with E-state index in [9.17, 15) is 0 Å². The van der Waals surface area contributed by atoms with Crippen LogP contribution in [0.4, 0.5) is 0 Å². The highest BCUT2D eigenvalue weighted by Crippen LogP contribution is 2.16. The third kappa shape index (κ3) is 8.27. The summed E-state index contributed by atoms with van der Waals surface area (Å²) in [5.74, 6) is 0.856. The number of rotatable bonds is 12. The minimum Gasteiger partial charge on any atom is -0.497 e. The van der Waals surface area contributed by atoms with E-state index in [2.05, 4.69) is 66.6 Å². The Hall–Kier alpha value is -2.33. The van der Waals surface area contributed by atoms with Crippen molar-refractivity contribution in [3.8, 4) is 5.75 Å². The second-order valence-electron chi connectivity index (χ2n) is 6.95. The predicted molar refractivity (Wildman–Crippen MR) is 113 cm³/mol. The van der Waals surface area contributed by atoms with Crippen LogP contribution >= 0.6 is 0 Å². The molecule has 2 rings (SSSR count). The van der Waals surface area contributed by atoms with Gasteiger partial charge < -0.3 is 14.5 Å². The highest BCUT2D eigenvalue weighted by molar-refractivity contribution is 6.00. The number of nitrogens with zero attached hydrogens (tertiary/aromatic N) is 2. The summed E-state index contributed by atoms with van der Waals surface area (Å²) < 4.78 is 5.26. The van der Waals surface area contributed by atoms with Gasteiger partial charge in [-0.15, -0.1) is 0 Å². The first-order valence-corrected chi connectivity index (χ1v) is 9.71. The van der Waals surface area contributed by atoms with Crippen LogP contribution in [0.5, 0.6) is 5.75 Å². The Morgan fingerprint density at radius 2 is 1.67 bits per heavy atom. The van der Waals surface area contributed by atoms with Crippen LogP contribution in [0.25, 0.3) is 0 Å². The maximum Gasteiger partial charge on any atom is 0.118 e. The van der Waals surface area contributed by atoms with E-state index in [4.69, 9.17) is 9.57 Å². The summed E-state index contributed by atoms with van der Waals surface area (Å²) in [6.07, 6.45) is 5.20. The molecule has 146 valence electrons. The van der Waals surface area contributed by atoms with Gasteiger partial charge in [-0.1, -0.05) is 35.5 Å². The summed E-state index contributed by atoms with van der Waals surface area (Å²) in [4.78, 5) is 7.76. The highest BCUT2D eigenvalue weighted by Gasteiger charge is 2.06. The van der Waals surface area contributed by atoms with E-state index in [0.29, 0.717) is 6.61 Å². The lowest BCUT2D eigenvalue weighted by atomic mass is 10.0. The molecule has 0 atom stereocenters. The van der Waals surface area contributed by atoms with Crippen molar-refractivity contribution in [3.63, 3.8) is 0 Å². The lowest BCUT2D eigenvalue weighted by Crippen LogP contribution is -2.14. The van der Waals surface area contributed by atoms with Crippen LogP contribution in [-0.2, 0) is 11.3 Å². The molecule has 0 radical (unpaired) electrons. The van der Waals surface area contributed by atoms with E-state index < -0.39 is 0 Å². The monoisotopic (exact) mass is 368 g/mol. The molecule has 0 fully saturated rings. The van der Waals surface area contributed by atoms with Gasteiger partial charge in [0.25, 0.3) is 0 Å². The average Bonchev–Trinajstić information content (AvgIpc) is 2.70. The highest BCUT2D eigenvalue weighted by atomic mass is 16.6. The smallest absolute Gasteiger partial charge is 0.118 e. The fourth-order valence-electron chi connectivity index (χ4n) is 2.86. The molecular weight excluding hydrogens is 336 g/mol. The quantitative estimate of drug-likeness (QED) is 0.307. The normalized spacial score (nSPS) is 11.6. The summed E-state index contributed by atoms with van der Waals surface area (Å²) >= 11 is 0. The molecule has 0 spiro atoms. The van der Waals surface area contributed by atoms with Crippen LogP contribution in [0.2, 0.25) is 0 Å². The van der Waals surface area contributed by atoms with Gasteiger partial charge in [-0.25, -0.2) is 0 Å². The van der Waals surface area contributed by atoms with Crippen LogP contribution in [0.1, 0.15) is 36.8 Å². The van der Waals surface area contributed by atoms with Gasteiger partial charge in [0.2, 0.25) is 0 Å². The molecule has 0 amide bonds. The summed E-state index contributed by atoms with van der Waals surface area (Å²) in [7, 11) is 5.82. The van der Waals surface area contributed by atoms with Crippen molar-refractivity contribution < 1.29 is 9.57 Å². The lowest BCUT2D eigenvalue weighted by Gasteiger charge is -2.10. The number of hydrogen-bond donors (Lipinski definition) is 0. The molecule has 0 unspecified atom stereocenters. The summed E-state index contributed by atoms with van der Waals surface area (Å²) in [6, 6.07) is 18.7. The molecular formula is C23H32N2O2. The number of oxime groups is 1. The molecule has 0 aromatic heterocycles. The van der Waals surface area contributed by atoms with E-state index >= 15 is 0 Å². The van der Waals surface area contributed by atoms with Crippen LogP contribution in [0.3, 0.4) is 0 Å². The molecule has 0 aliphatic carbocycles. The lowest BCUT2D eigenvalue weighted by molar-refractivity contribution is 0.134. The Labute approximate surface area is 163 Å². The zero-order valence-electron chi connectivity index (χ0n) is 16.9. The molecule has 0 bridgehead atoms. The van der Waals surface area contributed by atoms with Gasteiger partial charge in [0.1, 0.15) is 12.4 Å². The van der Waals surface area contributed by atoms with Gasteiger partial charge >= 0.3 is 0 Å². The predicted octanol–water partition coefficient (Wildman–Crippen LogP) is 4.78. The maximum absolute atomic E-state index is 5.60. The fraction of sp³-hybridized carbons (Fsp3) is 0.435. The minimum atomic E-state index is 0.641. The molecule has 0 saturated heterocycles. The van der Waals surface area contributed by atoms with Crippen molar-refractivity contribution in [2.75, 3.05) is 34.4 Å². The van der Waals surface area contributed by atoms with E-state index in [-0.39, 0.29) is 0 Å². The van der Waals surface area contributed by atoms with Crippen molar-refractivity contribution in [3.05, 3.63) is 65.7 Å². The van der Waals surface area contributed by atoms with Crippen molar-refractivity contribution >= 4 is 5.71 Å². The van der Waals surface area contributed by atoms with E-state index in [1.54, 1.807) is 7.11 Å². The second kappa shape index (κ2) is 12.1. The topological polar surface area (TPSA) is 34.1 Å². The van der Waals surface area contributed by atoms with Crippen LogP contribution < -0.4 is 4.74 Å². The number of hydrogen-bond acceptors (Lipinski definition) is 4. The third-order valence-corrected chi connectivity index (χ3v) is 4.41. The number of benzene rings is 2. The molecule has 27 heavy (non-hydrogen) atoms. The molecule has 0 N–H and O–H groups in total. The summed E-state index contributed by atoms with van der Waals surface area (Å²) in [5, 5.41) is 4.45. The Morgan fingerprint density at radius 1 is 0.926 bits per heavy atom. The van der Waals surface area contributed by atoms with Crippen molar-refractivity contribution in [2.24, 2.45) is 5.16 Å². The maximum atomic E-state index is 5.60. The fourth-order valence-corrected chi connectivity index (χ4v) is 2.86. The average molecular weight is 369 g/mol. The Morgan fingerprint density at radius 3 is 2.33 bits per heavy atom. The first kappa shape index (κ1) is 21.0. The number of ether oxygens (including phenoxy) is 1. The van der Waals surface area contributed by atoms with Gasteiger partial charge in [0, 0.05) is 6.54 Å². The molecule has 0 heterocycles. The van der Waals surface area contributed by atoms with Crippen LogP contribution in [-0.4, -0.2) is 45.0 Å². The Kier molecular flexibility index (Phi) is 9.42. The molecule has 4 nitrogen and oxygen atoms in total. The summed E-state index contributed by atoms with van der Waals surface area (Å²) in [5.41, 5.74) is 3.50. The first-order valence-electron chi connectivity index (χ1n) is 9.71. The van der Waals surface area contributed by atoms with Gasteiger partial charge in [-0.2, -0.15) is 0 Å². The molecule has 2 aromatic rings. The zero-order chi connectivity index (χ0) is 19.3. The van der Waals surface area contributed by atoms with Gasteiger partial charge in [0.15, 0.2) is 0 Å². The van der Waals surface area contributed by atoms with Gasteiger partial charge in [0.05, 0.1) is 12.8 Å². The zero-order valence-corrected chi connectivity index (χ0v) is 16.9. The SMILES string of the molecule is COc1ccc(/C(CCCCc2ccccc2)=N/OCCCN(C)C)cc1. The van der Waals surface area contributed by atoms with Crippen molar-refractivity contribution in [2.45, 2.75) is 32.1 Å². The molecule has 0 aliphatic heterocycles. The third-order valence-electron chi connectivity index (χ3n) is 4.41. The Balaban J connectivity index is 1.89. The second-order valence-corrected chi connectivity index (χ2v) is 6.95. The van der Waals surface area contributed by atoms with E-state index in [1.165, 1.54) is 5.56 Å². The number of aryl methyl sites for hydroxylation is 1. The molecule has 2 aromatic carbocycles. The molecule has 0 aliphatic rings. The minimum absolute atomic E-state index is 0.641. The Bertz CT molecular complexity index is 667. The van der Waals surface area contributed by atoms with E-state index in [0.717, 1.165) is 55.7 Å². The van der Waals surface area contributed by atoms with Crippen LogP contribution in [0.15, 0.2) is 59.8 Å². The number of unbranched alkanes of at least 4 members (excludes halogenated alkanes) is 1. The standard InChI is InChI=1S/C23H32N2O2/c1-25(2)18-9-19-27-24-23(21-14-16-22(26-3)17-15-21)13-8-7-12-20-10-5-4-6-11-20/h4-6,10-11,14-17H,7-9,12-13,18-19H2,1-3H3/b24-23+. The molecule has 0 saturated carbocycles. The number of methoxy groups -OCH3 is 1. The first-order chi connectivity index (χ1) is 13.2. The van der Waals surface area contributed by atoms with Crippen molar-refractivity contribution in [1.82, 2.24) is 4.90 Å². The van der Waals surface area contributed by atoms with Crippen LogP contribution in [0, 0.1) is 0 Å². The molecule has 4 heteroatoms. The summed E-state index contributed by atoms with van der Waals surface area (Å²) in [6.45, 7) is 1.65. The van der Waals surface area contributed by atoms with Crippen molar-refractivity contribution in [1.29, 1.82) is 0 Å².